The zero-order chi connectivity index (χ0) is 12.3. The van der Waals surface area contributed by atoms with Crippen LogP contribution >= 0.6 is 0 Å². The van der Waals surface area contributed by atoms with Crippen molar-refractivity contribution in [3.05, 3.63) is 42.4 Å². The van der Waals surface area contributed by atoms with Crippen LogP contribution in [0.3, 0.4) is 0 Å². The quantitative estimate of drug-likeness (QED) is 0.650. The Hall–Kier alpha value is -2.03. The molecule has 0 spiro atoms. The Morgan fingerprint density at radius 1 is 1.12 bits per heavy atom. The van der Waals surface area contributed by atoms with Crippen molar-refractivity contribution < 1.29 is 0 Å². The molecule has 3 aromatic rings. The minimum Gasteiger partial charge on any atom is -0.359 e. The van der Waals surface area contributed by atoms with E-state index in [0.717, 1.165) is 16.9 Å². The van der Waals surface area contributed by atoms with Crippen LogP contribution in [0.4, 0.5) is 0 Å². The highest BCUT2D eigenvalue weighted by Crippen LogP contribution is 2.21. The number of rotatable bonds is 1. The Balaban J connectivity index is 0.000000514. The van der Waals surface area contributed by atoms with Gasteiger partial charge in [0.2, 0.25) is 0 Å². The smallest absolute Gasteiger partial charge is 0.137 e. The zero-order valence-electron chi connectivity index (χ0n) is 10.4. The van der Waals surface area contributed by atoms with Crippen LogP contribution in [0, 0.1) is 6.92 Å². The van der Waals surface area contributed by atoms with Gasteiger partial charge in [0.15, 0.2) is 0 Å². The van der Waals surface area contributed by atoms with E-state index in [-0.39, 0.29) is 0 Å². The van der Waals surface area contributed by atoms with Crippen molar-refractivity contribution in [2.75, 3.05) is 0 Å². The molecule has 17 heavy (non-hydrogen) atoms. The number of hydrogen-bond acceptors (Lipinski definition) is 1. The maximum absolute atomic E-state index is 4.23. The predicted molar refractivity (Wildman–Crippen MR) is 72.0 cm³/mol. The van der Waals surface area contributed by atoms with Gasteiger partial charge in [-0.1, -0.05) is 26.0 Å². The molecule has 0 atom stereocenters. The molecule has 2 aromatic heterocycles. The van der Waals surface area contributed by atoms with E-state index in [9.17, 15) is 0 Å². The molecule has 0 bridgehead atoms. The Morgan fingerprint density at radius 2 is 1.94 bits per heavy atom. The summed E-state index contributed by atoms with van der Waals surface area (Å²) in [5.74, 6) is 0.907. The Morgan fingerprint density at radius 3 is 2.65 bits per heavy atom. The molecule has 0 aliphatic heterocycles. The third-order valence-electron chi connectivity index (χ3n) is 2.53. The summed E-state index contributed by atoms with van der Waals surface area (Å²) in [7, 11) is 0. The summed E-state index contributed by atoms with van der Waals surface area (Å²) in [4.78, 5) is 10.6. The molecule has 0 saturated carbocycles. The average molecular weight is 227 g/mol. The molecular weight excluding hydrogens is 210 g/mol. The molecule has 0 aliphatic rings. The van der Waals surface area contributed by atoms with E-state index in [4.69, 9.17) is 0 Å². The van der Waals surface area contributed by atoms with E-state index in [0.29, 0.717) is 0 Å². The monoisotopic (exact) mass is 227 g/mol. The number of nitrogens with zero attached hydrogens (tertiary/aromatic N) is 1. The number of aromatic nitrogens is 3. The fraction of sp³-hybridized carbons (Fsp3) is 0.214. The lowest BCUT2D eigenvalue weighted by atomic mass is 10.1. The largest absolute Gasteiger partial charge is 0.359 e. The molecule has 88 valence electrons. The van der Waals surface area contributed by atoms with Crippen LogP contribution in [-0.4, -0.2) is 15.0 Å². The number of benzene rings is 1. The second kappa shape index (κ2) is 4.87. The van der Waals surface area contributed by atoms with Gasteiger partial charge in [-0.15, -0.1) is 0 Å². The molecule has 0 radical (unpaired) electrons. The molecule has 0 unspecified atom stereocenters. The summed E-state index contributed by atoms with van der Waals surface area (Å²) in [6.45, 7) is 6.06. The van der Waals surface area contributed by atoms with Crippen LogP contribution in [0.25, 0.3) is 22.3 Å². The summed E-state index contributed by atoms with van der Waals surface area (Å²) < 4.78 is 0. The molecule has 1 aromatic carbocycles. The van der Waals surface area contributed by atoms with Crippen LogP contribution in [0.5, 0.6) is 0 Å². The molecule has 0 saturated heterocycles. The molecule has 2 N–H and O–H groups in total. The lowest BCUT2D eigenvalue weighted by Gasteiger charge is -1.96. The highest BCUT2D eigenvalue weighted by atomic mass is 14.9. The summed E-state index contributed by atoms with van der Waals surface area (Å²) in [6, 6.07) is 8.44. The van der Waals surface area contributed by atoms with Crippen LogP contribution in [0.15, 0.2) is 36.7 Å². The van der Waals surface area contributed by atoms with Gasteiger partial charge in [-0.2, -0.15) is 0 Å². The first-order valence-electron chi connectivity index (χ1n) is 5.92. The average Bonchev–Trinajstić information content (AvgIpc) is 2.97. The molecule has 3 nitrogen and oxygen atoms in total. The standard InChI is InChI=1S/C12H11N3.C2H6/c1-8-6-9-2-3-10(7-11(9)15-8)12-13-4-5-14-12;1-2/h2-7,15H,1H3,(H,13,14);1-2H3. The zero-order valence-corrected chi connectivity index (χ0v) is 10.4. The number of aryl methyl sites for hydroxylation is 1. The summed E-state index contributed by atoms with van der Waals surface area (Å²) >= 11 is 0. The summed E-state index contributed by atoms with van der Waals surface area (Å²) in [6.07, 6.45) is 3.60. The number of imidazole rings is 1. The van der Waals surface area contributed by atoms with E-state index in [2.05, 4.69) is 46.1 Å². The predicted octanol–water partition coefficient (Wildman–Crippen LogP) is 3.89. The number of aromatic amines is 2. The van der Waals surface area contributed by atoms with Crippen molar-refractivity contribution in [3.8, 4) is 11.4 Å². The number of nitrogens with one attached hydrogen (secondary N) is 2. The van der Waals surface area contributed by atoms with Crippen molar-refractivity contribution in [2.45, 2.75) is 20.8 Å². The maximum Gasteiger partial charge on any atom is 0.137 e. The fourth-order valence-corrected chi connectivity index (χ4v) is 1.84. The highest BCUT2D eigenvalue weighted by Gasteiger charge is 2.02. The molecule has 3 heteroatoms. The first kappa shape index (κ1) is 11.5. The Labute approximate surface area is 101 Å². The lowest BCUT2D eigenvalue weighted by Crippen LogP contribution is -1.79. The first-order chi connectivity index (χ1) is 8.33. The van der Waals surface area contributed by atoms with Gasteiger partial charge in [-0.05, 0) is 24.4 Å². The SMILES string of the molecule is CC.Cc1cc2ccc(-c3ncc[nH]3)cc2[nH]1. The normalized spacial score (nSPS) is 10.1. The van der Waals surface area contributed by atoms with Gasteiger partial charge in [0.1, 0.15) is 5.82 Å². The molecule has 0 fully saturated rings. The van der Waals surface area contributed by atoms with Crippen molar-refractivity contribution >= 4 is 10.9 Å². The molecular formula is C14H17N3. The molecule has 2 heterocycles. The number of hydrogen-bond donors (Lipinski definition) is 2. The van der Waals surface area contributed by atoms with E-state index in [1.165, 1.54) is 11.1 Å². The fourth-order valence-electron chi connectivity index (χ4n) is 1.84. The van der Waals surface area contributed by atoms with Crippen molar-refractivity contribution in [2.24, 2.45) is 0 Å². The highest BCUT2D eigenvalue weighted by molar-refractivity contribution is 5.84. The van der Waals surface area contributed by atoms with Gasteiger partial charge in [-0.25, -0.2) is 4.98 Å². The van der Waals surface area contributed by atoms with E-state index >= 15 is 0 Å². The van der Waals surface area contributed by atoms with Crippen LogP contribution in [0.2, 0.25) is 0 Å². The molecule has 0 amide bonds. The van der Waals surface area contributed by atoms with Gasteiger partial charge >= 0.3 is 0 Å². The third-order valence-corrected chi connectivity index (χ3v) is 2.53. The van der Waals surface area contributed by atoms with Crippen LogP contribution < -0.4 is 0 Å². The van der Waals surface area contributed by atoms with Gasteiger partial charge in [-0.3, -0.25) is 0 Å². The van der Waals surface area contributed by atoms with Gasteiger partial charge in [0.05, 0.1) is 0 Å². The van der Waals surface area contributed by atoms with Crippen LogP contribution in [-0.2, 0) is 0 Å². The summed E-state index contributed by atoms with van der Waals surface area (Å²) in [5, 5.41) is 1.24. The van der Waals surface area contributed by atoms with Gasteiger partial charge in [0, 0.05) is 29.2 Å². The number of H-pyrrole nitrogens is 2. The molecule has 3 rings (SSSR count). The van der Waals surface area contributed by atoms with Crippen molar-refractivity contribution in [3.63, 3.8) is 0 Å². The molecule has 0 aliphatic carbocycles. The summed E-state index contributed by atoms with van der Waals surface area (Å²) in [5.41, 5.74) is 3.44. The van der Waals surface area contributed by atoms with Crippen molar-refractivity contribution in [1.29, 1.82) is 0 Å². The minimum atomic E-state index is 0.907. The first-order valence-corrected chi connectivity index (χ1v) is 5.92. The number of fused-ring (bicyclic) bond motifs is 1. The van der Waals surface area contributed by atoms with E-state index < -0.39 is 0 Å². The van der Waals surface area contributed by atoms with E-state index in [1.807, 2.05) is 20.0 Å². The third kappa shape index (κ3) is 2.23. The van der Waals surface area contributed by atoms with E-state index in [1.54, 1.807) is 6.20 Å². The maximum atomic E-state index is 4.23. The Kier molecular flexibility index (Phi) is 3.28. The Bertz CT molecular complexity index is 591. The van der Waals surface area contributed by atoms with Gasteiger partial charge in [0.25, 0.3) is 0 Å². The second-order valence-corrected chi connectivity index (χ2v) is 3.69. The topological polar surface area (TPSA) is 44.5 Å². The van der Waals surface area contributed by atoms with Gasteiger partial charge < -0.3 is 9.97 Å². The second-order valence-electron chi connectivity index (χ2n) is 3.69. The lowest BCUT2D eigenvalue weighted by molar-refractivity contribution is 1.29. The van der Waals surface area contributed by atoms with Crippen molar-refractivity contribution in [1.82, 2.24) is 15.0 Å². The van der Waals surface area contributed by atoms with Crippen LogP contribution in [0.1, 0.15) is 19.5 Å². The minimum absolute atomic E-state index is 0.907.